The summed E-state index contributed by atoms with van der Waals surface area (Å²) < 4.78 is 1.79. The van der Waals surface area contributed by atoms with E-state index in [0.29, 0.717) is 5.02 Å². The highest BCUT2D eigenvalue weighted by Gasteiger charge is 2.13. The van der Waals surface area contributed by atoms with E-state index in [9.17, 15) is 0 Å². The van der Waals surface area contributed by atoms with Crippen molar-refractivity contribution in [2.24, 2.45) is 0 Å². The molecule has 4 heteroatoms. The topological polar surface area (TPSA) is 30.2 Å². The molecule has 0 saturated carbocycles. The average molecular weight is 258 g/mol. The molecule has 0 aliphatic rings. The Bertz CT molecular complexity index is 717. The Morgan fingerprint density at radius 2 is 1.83 bits per heavy atom. The van der Waals surface area contributed by atoms with Gasteiger partial charge in [0.25, 0.3) is 0 Å². The average Bonchev–Trinajstić information content (AvgIpc) is 2.81. The van der Waals surface area contributed by atoms with Gasteiger partial charge in [-0.1, -0.05) is 41.9 Å². The van der Waals surface area contributed by atoms with Gasteiger partial charge in [0.05, 0.1) is 22.6 Å². The van der Waals surface area contributed by atoms with Crippen LogP contribution in [0.2, 0.25) is 5.02 Å². The zero-order chi connectivity index (χ0) is 12.7. The Hall–Kier alpha value is -1.87. The van der Waals surface area contributed by atoms with Gasteiger partial charge in [-0.2, -0.15) is 5.10 Å². The molecule has 0 bridgehead atoms. The second kappa shape index (κ2) is 4.10. The van der Waals surface area contributed by atoms with Gasteiger partial charge in [-0.25, -0.2) is 9.50 Å². The van der Waals surface area contributed by atoms with E-state index in [1.54, 1.807) is 4.52 Å². The largest absolute Gasteiger partial charge is 0.232 e. The number of aromatic nitrogens is 3. The minimum Gasteiger partial charge on any atom is -0.232 e. The van der Waals surface area contributed by atoms with Crippen LogP contribution in [0.4, 0.5) is 0 Å². The molecule has 0 spiro atoms. The lowest BCUT2D eigenvalue weighted by Crippen LogP contribution is -1.99. The maximum absolute atomic E-state index is 6.19. The van der Waals surface area contributed by atoms with Crippen LogP contribution in [-0.4, -0.2) is 14.6 Å². The molecule has 0 saturated heterocycles. The summed E-state index contributed by atoms with van der Waals surface area (Å²) in [6.07, 6.45) is 1.83. The number of fused-ring (bicyclic) bond motifs is 1. The van der Waals surface area contributed by atoms with Gasteiger partial charge < -0.3 is 0 Å². The Labute approximate surface area is 110 Å². The second-order valence-electron chi connectivity index (χ2n) is 4.26. The molecule has 18 heavy (non-hydrogen) atoms. The lowest BCUT2D eigenvalue weighted by molar-refractivity contribution is 0.886. The highest BCUT2D eigenvalue weighted by Crippen LogP contribution is 2.27. The molecule has 0 fully saturated rings. The van der Waals surface area contributed by atoms with Crippen molar-refractivity contribution in [2.75, 3.05) is 0 Å². The van der Waals surface area contributed by atoms with Crippen molar-refractivity contribution >= 4 is 17.2 Å². The second-order valence-corrected chi connectivity index (χ2v) is 4.63. The SMILES string of the molecule is Cc1nc2c(-c3ccccc3)cnn2c(C)c1Cl. The lowest BCUT2D eigenvalue weighted by Gasteiger charge is -2.05. The minimum atomic E-state index is 0.671. The molecule has 0 aliphatic heterocycles. The van der Waals surface area contributed by atoms with Crippen molar-refractivity contribution in [2.45, 2.75) is 13.8 Å². The molecule has 2 heterocycles. The van der Waals surface area contributed by atoms with Gasteiger partial charge >= 0.3 is 0 Å². The summed E-state index contributed by atoms with van der Waals surface area (Å²) >= 11 is 6.19. The van der Waals surface area contributed by atoms with Crippen molar-refractivity contribution in [3.63, 3.8) is 0 Å². The maximum Gasteiger partial charge on any atom is 0.163 e. The molecule has 3 rings (SSSR count). The number of hydrogen-bond donors (Lipinski definition) is 0. The van der Waals surface area contributed by atoms with E-state index >= 15 is 0 Å². The maximum atomic E-state index is 6.19. The van der Waals surface area contributed by atoms with E-state index < -0.39 is 0 Å². The van der Waals surface area contributed by atoms with Crippen molar-refractivity contribution in [1.82, 2.24) is 14.6 Å². The molecular weight excluding hydrogens is 246 g/mol. The first-order valence-electron chi connectivity index (χ1n) is 5.74. The third kappa shape index (κ3) is 1.59. The number of halogens is 1. The van der Waals surface area contributed by atoms with Gasteiger partial charge in [-0.3, -0.25) is 0 Å². The predicted molar refractivity (Wildman–Crippen MR) is 72.9 cm³/mol. The quantitative estimate of drug-likeness (QED) is 0.666. The third-order valence-corrected chi connectivity index (χ3v) is 3.60. The van der Waals surface area contributed by atoms with E-state index in [4.69, 9.17) is 11.6 Å². The normalized spacial score (nSPS) is 11.1. The lowest BCUT2D eigenvalue weighted by atomic mass is 10.1. The van der Waals surface area contributed by atoms with Crippen LogP contribution in [0.3, 0.4) is 0 Å². The van der Waals surface area contributed by atoms with Gasteiger partial charge in [-0.05, 0) is 19.4 Å². The van der Waals surface area contributed by atoms with Gasteiger partial charge in [0, 0.05) is 5.56 Å². The molecule has 90 valence electrons. The van der Waals surface area contributed by atoms with Crippen molar-refractivity contribution in [1.29, 1.82) is 0 Å². The highest BCUT2D eigenvalue weighted by molar-refractivity contribution is 6.31. The van der Waals surface area contributed by atoms with E-state index in [-0.39, 0.29) is 0 Å². The van der Waals surface area contributed by atoms with Gasteiger partial charge in [0.2, 0.25) is 0 Å². The molecule has 0 atom stereocenters. The summed E-state index contributed by atoms with van der Waals surface area (Å²) in [5.74, 6) is 0. The summed E-state index contributed by atoms with van der Waals surface area (Å²) in [4.78, 5) is 4.54. The minimum absolute atomic E-state index is 0.671. The molecule has 0 amide bonds. The van der Waals surface area contributed by atoms with Crippen molar-refractivity contribution in [3.8, 4) is 11.1 Å². The number of nitrogens with zero attached hydrogens (tertiary/aromatic N) is 3. The zero-order valence-electron chi connectivity index (χ0n) is 10.2. The molecule has 0 radical (unpaired) electrons. The number of hydrogen-bond acceptors (Lipinski definition) is 2. The van der Waals surface area contributed by atoms with E-state index in [2.05, 4.69) is 22.2 Å². The summed E-state index contributed by atoms with van der Waals surface area (Å²) in [7, 11) is 0. The summed E-state index contributed by atoms with van der Waals surface area (Å²) in [5.41, 5.74) is 4.74. The number of rotatable bonds is 1. The molecule has 0 aliphatic carbocycles. The van der Waals surface area contributed by atoms with Crippen LogP contribution >= 0.6 is 11.6 Å². The van der Waals surface area contributed by atoms with Gasteiger partial charge in [0.1, 0.15) is 0 Å². The fourth-order valence-electron chi connectivity index (χ4n) is 2.08. The van der Waals surface area contributed by atoms with Crippen LogP contribution in [0, 0.1) is 13.8 Å². The first-order chi connectivity index (χ1) is 8.68. The first kappa shape index (κ1) is 11.2. The summed E-state index contributed by atoms with van der Waals surface area (Å²) in [6.45, 7) is 3.86. The Kier molecular flexibility index (Phi) is 2.56. The zero-order valence-corrected chi connectivity index (χ0v) is 10.9. The smallest absolute Gasteiger partial charge is 0.163 e. The van der Waals surface area contributed by atoms with Gasteiger partial charge in [-0.15, -0.1) is 0 Å². The van der Waals surface area contributed by atoms with Crippen LogP contribution in [0.5, 0.6) is 0 Å². The fourth-order valence-corrected chi connectivity index (χ4v) is 2.20. The Morgan fingerprint density at radius 1 is 1.11 bits per heavy atom. The van der Waals surface area contributed by atoms with E-state index in [1.165, 1.54) is 0 Å². The number of benzene rings is 1. The van der Waals surface area contributed by atoms with Crippen molar-refractivity contribution < 1.29 is 0 Å². The monoisotopic (exact) mass is 257 g/mol. The van der Waals surface area contributed by atoms with E-state index in [0.717, 1.165) is 28.2 Å². The summed E-state index contributed by atoms with van der Waals surface area (Å²) in [5, 5.41) is 5.04. The van der Waals surface area contributed by atoms with Crippen LogP contribution in [0.15, 0.2) is 36.5 Å². The van der Waals surface area contributed by atoms with Crippen molar-refractivity contribution in [3.05, 3.63) is 52.9 Å². The molecule has 2 aromatic heterocycles. The molecular formula is C14H12ClN3. The molecule has 3 nitrogen and oxygen atoms in total. The van der Waals surface area contributed by atoms with Crippen LogP contribution < -0.4 is 0 Å². The molecule has 3 aromatic rings. The third-order valence-electron chi connectivity index (χ3n) is 3.06. The Morgan fingerprint density at radius 3 is 2.56 bits per heavy atom. The predicted octanol–water partition coefficient (Wildman–Crippen LogP) is 3.67. The Balaban J connectivity index is 2.34. The summed E-state index contributed by atoms with van der Waals surface area (Å²) in [6, 6.07) is 10.1. The molecule has 1 aromatic carbocycles. The molecule has 0 N–H and O–H groups in total. The fraction of sp³-hybridized carbons (Fsp3) is 0.143. The highest BCUT2D eigenvalue weighted by atomic mass is 35.5. The van der Waals surface area contributed by atoms with Crippen LogP contribution in [0.1, 0.15) is 11.4 Å². The first-order valence-corrected chi connectivity index (χ1v) is 6.12. The standard InChI is InChI=1S/C14H12ClN3/c1-9-13(15)10(2)18-14(17-9)12(8-16-18)11-6-4-3-5-7-11/h3-8H,1-2H3. The van der Waals surface area contributed by atoms with Crippen LogP contribution in [-0.2, 0) is 0 Å². The van der Waals surface area contributed by atoms with Crippen LogP contribution in [0.25, 0.3) is 16.8 Å². The number of aryl methyl sites for hydroxylation is 2. The van der Waals surface area contributed by atoms with E-state index in [1.807, 2.05) is 38.2 Å². The van der Waals surface area contributed by atoms with Gasteiger partial charge in [0.15, 0.2) is 5.65 Å². The molecule has 0 unspecified atom stereocenters.